The zero-order chi connectivity index (χ0) is 30.1. The van der Waals surface area contributed by atoms with Gasteiger partial charge in [-0.3, -0.25) is 24.0 Å². The molecule has 0 saturated carbocycles. The van der Waals surface area contributed by atoms with E-state index in [1.165, 1.54) is 24.0 Å². The van der Waals surface area contributed by atoms with E-state index in [9.17, 15) is 44.1 Å². The number of hydrogen-bond acceptors (Lipinski definition) is 8. The van der Waals surface area contributed by atoms with Gasteiger partial charge in [0.25, 0.3) is 0 Å². The molecule has 4 amide bonds. The first-order valence-corrected chi connectivity index (χ1v) is 12.9. The van der Waals surface area contributed by atoms with E-state index in [2.05, 4.69) is 16.0 Å². The average molecular weight is 564 g/mol. The Balaban J connectivity index is 2.04. The Labute approximate surface area is 231 Å². The van der Waals surface area contributed by atoms with E-state index in [-0.39, 0.29) is 25.1 Å². The van der Waals surface area contributed by atoms with Crippen LogP contribution in [-0.4, -0.2) is 92.5 Å². The molecule has 14 heteroatoms. The highest BCUT2D eigenvalue weighted by Gasteiger charge is 2.39. The van der Waals surface area contributed by atoms with Gasteiger partial charge in [0, 0.05) is 6.54 Å². The van der Waals surface area contributed by atoms with Crippen LogP contribution in [0, 0.1) is 5.92 Å². The smallest absolute Gasteiger partial charge is 0.326 e. The summed E-state index contributed by atoms with van der Waals surface area (Å²) in [5, 5.41) is 35.1. The summed E-state index contributed by atoms with van der Waals surface area (Å²) in [7, 11) is 0. The predicted octanol–water partition coefficient (Wildman–Crippen LogP) is -1.06. The number of phenols is 1. The van der Waals surface area contributed by atoms with Gasteiger partial charge >= 0.3 is 11.9 Å². The summed E-state index contributed by atoms with van der Waals surface area (Å²) in [5.41, 5.74) is 6.68. The van der Waals surface area contributed by atoms with E-state index in [0.717, 1.165) is 0 Å². The van der Waals surface area contributed by atoms with Gasteiger partial charge in [0.1, 0.15) is 29.9 Å². The lowest BCUT2D eigenvalue weighted by atomic mass is 10.0. The summed E-state index contributed by atoms with van der Waals surface area (Å²) < 4.78 is 0. The molecule has 0 aliphatic carbocycles. The second kappa shape index (κ2) is 14.3. The third-order valence-corrected chi connectivity index (χ3v) is 6.54. The van der Waals surface area contributed by atoms with Crippen LogP contribution in [0.25, 0.3) is 0 Å². The minimum Gasteiger partial charge on any atom is -0.508 e. The number of aliphatic carboxylic acids is 2. The maximum absolute atomic E-state index is 13.1. The molecule has 1 heterocycles. The summed E-state index contributed by atoms with van der Waals surface area (Å²) >= 11 is 0. The lowest BCUT2D eigenvalue weighted by molar-refractivity contribution is -0.145. The van der Waals surface area contributed by atoms with Gasteiger partial charge in [-0.25, -0.2) is 4.79 Å². The van der Waals surface area contributed by atoms with Crippen molar-refractivity contribution in [3.63, 3.8) is 0 Å². The maximum Gasteiger partial charge on any atom is 0.326 e. The molecule has 1 aliphatic heterocycles. The lowest BCUT2D eigenvalue weighted by Gasteiger charge is -2.29. The van der Waals surface area contributed by atoms with Crippen LogP contribution in [0.2, 0.25) is 0 Å². The van der Waals surface area contributed by atoms with Gasteiger partial charge in [-0.2, -0.15) is 0 Å². The van der Waals surface area contributed by atoms with Gasteiger partial charge in [-0.1, -0.05) is 26.0 Å². The fraction of sp³-hybridized carbons (Fsp3) is 0.538. The number of nitrogens with two attached hydrogens (primary N) is 1. The van der Waals surface area contributed by atoms with E-state index in [0.29, 0.717) is 12.0 Å². The minimum absolute atomic E-state index is 0.0696. The second-order valence-corrected chi connectivity index (χ2v) is 10.1. The van der Waals surface area contributed by atoms with Crippen molar-refractivity contribution in [3.8, 4) is 5.75 Å². The van der Waals surface area contributed by atoms with Gasteiger partial charge in [0.2, 0.25) is 23.6 Å². The third-order valence-electron chi connectivity index (χ3n) is 6.54. The minimum atomic E-state index is -1.57. The molecule has 0 unspecified atom stereocenters. The molecule has 40 heavy (non-hydrogen) atoms. The standard InChI is InChI=1S/C26H37N5O9/c1-13(2)21(26(39)40)30-23(36)18(12-20(33)34)29-24(37)19-5-4-10-31(19)25(38)14(3)28-22(35)17(27)11-15-6-8-16(32)9-7-15/h6-9,13-14,17-19,21,32H,4-5,10-12,27H2,1-3H3,(H,28,35)(H,29,37)(H,30,36)(H,33,34)(H,39,40)/t14-,17-,18-,19-,21-/m0/s1. The highest BCUT2D eigenvalue weighted by molar-refractivity contribution is 5.96. The molecule has 1 aromatic carbocycles. The van der Waals surface area contributed by atoms with Gasteiger partial charge in [0.15, 0.2) is 0 Å². The molecule has 8 N–H and O–H groups in total. The molecule has 0 radical (unpaired) electrons. The van der Waals surface area contributed by atoms with E-state index < -0.39 is 78.1 Å². The number of hydrogen-bond donors (Lipinski definition) is 7. The molecule has 0 bridgehead atoms. The van der Waals surface area contributed by atoms with E-state index in [1.54, 1.807) is 26.0 Å². The van der Waals surface area contributed by atoms with Gasteiger partial charge in [0.05, 0.1) is 12.5 Å². The van der Waals surface area contributed by atoms with E-state index in [1.807, 2.05) is 0 Å². The van der Waals surface area contributed by atoms with Crippen molar-refractivity contribution >= 4 is 35.6 Å². The Morgan fingerprint density at radius 2 is 1.60 bits per heavy atom. The highest BCUT2D eigenvalue weighted by Crippen LogP contribution is 2.19. The fourth-order valence-corrected chi connectivity index (χ4v) is 4.33. The zero-order valence-corrected chi connectivity index (χ0v) is 22.6. The summed E-state index contributed by atoms with van der Waals surface area (Å²) in [4.78, 5) is 75.5. The molecule has 220 valence electrons. The molecule has 14 nitrogen and oxygen atoms in total. The predicted molar refractivity (Wildman–Crippen MR) is 141 cm³/mol. The van der Waals surface area contributed by atoms with Gasteiger partial charge < -0.3 is 41.9 Å². The number of aromatic hydroxyl groups is 1. The molecule has 0 spiro atoms. The quantitative estimate of drug-likeness (QED) is 0.154. The van der Waals surface area contributed by atoms with Crippen LogP contribution in [0.1, 0.15) is 45.6 Å². The zero-order valence-electron chi connectivity index (χ0n) is 22.6. The Hall–Kier alpha value is -4.20. The average Bonchev–Trinajstić information content (AvgIpc) is 3.37. The normalized spacial score (nSPS) is 17.8. The van der Waals surface area contributed by atoms with Gasteiger partial charge in [-0.15, -0.1) is 0 Å². The number of nitrogens with one attached hydrogen (secondary N) is 3. The van der Waals surface area contributed by atoms with Crippen LogP contribution in [0.15, 0.2) is 24.3 Å². The van der Waals surface area contributed by atoms with Crippen LogP contribution in [-0.2, 0) is 35.2 Å². The van der Waals surface area contributed by atoms with Crippen LogP contribution < -0.4 is 21.7 Å². The summed E-state index contributed by atoms with van der Waals surface area (Å²) in [6.45, 7) is 4.76. The van der Waals surface area contributed by atoms with E-state index in [4.69, 9.17) is 5.73 Å². The molecule has 5 atom stereocenters. The Morgan fingerprint density at radius 3 is 2.15 bits per heavy atom. The number of carboxylic acids is 2. The van der Waals surface area contributed by atoms with Crippen molar-refractivity contribution in [2.75, 3.05) is 6.54 Å². The number of carbonyl (C=O) groups excluding carboxylic acids is 4. The number of carbonyl (C=O) groups is 6. The summed E-state index contributed by atoms with van der Waals surface area (Å²) in [6.07, 6.45) is 0.0568. The van der Waals surface area contributed by atoms with Crippen molar-refractivity contribution in [2.45, 2.75) is 76.7 Å². The first-order valence-electron chi connectivity index (χ1n) is 12.9. The monoisotopic (exact) mass is 563 g/mol. The Morgan fingerprint density at radius 1 is 0.975 bits per heavy atom. The maximum atomic E-state index is 13.1. The van der Waals surface area contributed by atoms with Crippen LogP contribution >= 0.6 is 0 Å². The molecule has 2 rings (SSSR count). The Bertz CT molecular complexity index is 1110. The number of likely N-dealkylation sites (tertiary alicyclic amines) is 1. The first kappa shape index (κ1) is 32.0. The van der Waals surface area contributed by atoms with Crippen molar-refractivity contribution in [3.05, 3.63) is 29.8 Å². The van der Waals surface area contributed by atoms with Crippen molar-refractivity contribution in [2.24, 2.45) is 11.7 Å². The van der Waals surface area contributed by atoms with Crippen LogP contribution in [0.4, 0.5) is 0 Å². The number of carboxylic acid groups (broad SMARTS) is 2. The largest absolute Gasteiger partial charge is 0.508 e. The fourth-order valence-electron chi connectivity index (χ4n) is 4.33. The summed E-state index contributed by atoms with van der Waals surface area (Å²) in [6, 6.07) is 0.254. The number of rotatable bonds is 13. The molecule has 1 saturated heterocycles. The molecule has 1 aliphatic rings. The molecule has 1 fully saturated rings. The molecule has 0 aromatic heterocycles. The van der Waals surface area contributed by atoms with E-state index >= 15 is 0 Å². The highest BCUT2D eigenvalue weighted by atomic mass is 16.4. The SMILES string of the molecule is CC(C)[C@H](NC(=O)[C@H](CC(=O)O)NC(=O)[C@@H]1CCCN1C(=O)[C@H](C)NC(=O)[C@@H](N)Cc1ccc(O)cc1)C(=O)O. The molecule has 1 aromatic rings. The first-order chi connectivity index (χ1) is 18.7. The molecular weight excluding hydrogens is 526 g/mol. The number of nitrogens with zero attached hydrogens (tertiary/aromatic N) is 1. The number of amides is 4. The Kier molecular flexibility index (Phi) is 11.4. The topological polar surface area (TPSA) is 228 Å². The number of benzene rings is 1. The van der Waals surface area contributed by atoms with Crippen molar-refractivity contribution in [1.29, 1.82) is 0 Å². The molecular formula is C26H37N5O9. The van der Waals surface area contributed by atoms with Crippen LogP contribution in [0.5, 0.6) is 5.75 Å². The van der Waals surface area contributed by atoms with Crippen molar-refractivity contribution < 1.29 is 44.1 Å². The lowest BCUT2D eigenvalue weighted by Crippen LogP contribution is -2.58. The van der Waals surface area contributed by atoms with Crippen molar-refractivity contribution in [1.82, 2.24) is 20.9 Å². The number of phenolic OH excluding ortho intramolecular Hbond substituents is 1. The van der Waals surface area contributed by atoms with Gasteiger partial charge in [-0.05, 0) is 49.8 Å². The third kappa shape index (κ3) is 8.93. The second-order valence-electron chi connectivity index (χ2n) is 10.1. The summed E-state index contributed by atoms with van der Waals surface area (Å²) in [5.74, 6) is -6.04. The van der Waals surface area contributed by atoms with Crippen LogP contribution in [0.3, 0.4) is 0 Å².